The van der Waals surface area contributed by atoms with Crippen molar-refractivity contribution >= 4 is 5.78 Å². The highest BCUT2D eigenvalue weighted by molar-refractivity contribution is 6.09. The van der Waals surface area contributed by atoms with Crippen molar-refractivity contribution in [2.75, 3.05) is 0 Å². The van der Waals surface area contributed by atoms with Crippen LogP contribution in [0, 0.1) is 0 Å². The van der Waals surface area contributed by atoms with Gasteiger partial charge in [-0.05, 0) is 17.2 Å². The van der Waals surface area contributed by atoms with Crippen molar-refractivity contribution in [2.24, 2.45) is 0 Å². The van der Waals surface area contributed by atoms with Gasteiger partial charge < -0.3 is 14.9 Å². The smallest absolute Gasteiger partial charge is 0.276 e. The van der Waals surface area contributed by atoms with Crippen LogP contribution in [0.15, 0.2) is 72.8 Å². The molecule has 0 saturated carbocycles. The molecule has 1 heterocycles. The zero-order valence-electron chi connectivity index (χ0n) is 13.1. The van der Waals surface area contributed by atoms with Crippen molar-refractivity contribution in [3.63, 3.8) is 0 Å². The first-order chi connectivity index (χ1) is 12.1. The van der Waals surface area contributed by atoms with Gasteiger partial charge in [-0.15, -0.1) is 0 Å². The molecule has 2 atom stereocenters. The fourth-order valence-electron chi connectivity index (χ4n) is 3.83. The Hall–Kier alpha value is -2.95. The SMILES string of the molecule is O=C1c2ccccc2C2(O)Oc3cc(-c4ccccc4)ccc3C12O. The minimum atomic E-state index is -2.12. The number of fused-ring (bicyclic) bond motifs is 5. The van der Waals surface area contributed by atoms with E-state index in [9.17, 15) is 15.0 Å². The molecule has 122 valence electrons. The van der Waals surface area contributed by atoms with Gasteiger partial charge in [0.05, 0.1) is 0 Å². The summed E-state index contributed by atoms with van der Waals surface area (Å²) in [5.74, 6) is -2.33. The summed E-state index contributed by atoms with van der Waals surface area (Å²) < 4.78 is 5.77. The van der Waals surface area contributed by atoms with Crippen LogP contribution in [0.5, 0.6) is 5.75 Å². The number of carbonyl (C=O) groups excluding carboxylic acids is 1. The quantitative estimate of drug-likeness (QED) is 0.720. The van der Waals surface area contributed by atoms with Crippen LogP contribution in [0.4, 0.5) is 0 Å². The number of carbonyl (C=O) groups is 1. The van der Waals surface area contributed by atoms with Gasteiger partial charge in [0.2, 0.25) is 11.4 Å². The molecule has 1 aliphatic heterocycles. The average Bonchev–Trinajstić information content (AvgIpc) is 2.99. The number of ketones is 1. The van der Waals surface area contributed by atoms with Crippen LogP contribution in [0.3, 0.4) is 0 Å². The molecule has 4 nitrogen and oxygen atoms in total. The lowest BCUT2D eigenvalue weighted by Gasteiger charge is -2.28. The second kappa shape index (κ2) is 4.57. The second-order valence-corrected chi connectivity index (χ2v) is 6.41. The van der Waals surface area contributed by atoms with Crippen molar-refractivity contribution in [1.82, 2.24) is 0 Å². The predicted octanol–water partition coefficient (Wildman–Crippen LogP) is 2.98. The monoisotopic (exact) mass is 330 g/mol. The van der Waals surface area contributed by atoms with Crippen LogP contribution in [0.25, 0.3) is 11.1 Å². The highest BCUT2D eigenvalue weighted by Gasteiger charge is 2.70. The number of Topliss-reactive ketones (excluding diaryl/α,β-unsaturated/α-hetero) is 1. The lowest BCUT2D eigenvalue weighted by atomic mass is 9.86. The summed E-state index contributed by atoms with van der Waals surface area (Å²) in [6, 6.07) is 21.5. The number of hydrogen-bond donors (Lipinski definition) is 2. The first kappa shape index (κ1) is 14.4. The molecule has 0 aromatic heterocycles. The van der Waals surface area contributed by atoms with Gasteiger partial charge in [0.15, 0.2) is 0 Å². The number of hydrogen-bond acceptors (Lipinski definition) is 4. The van der Waals surface area contributed by atoms with Crippen LogP contribution in [-0.4, -0.2) is 16.0 Å². The Morgan fingerprint density at radius 2 is 1.48 bits per heavy atom. The summed E-state index contributed by atoms with van der Waals surface area (Å²) in [6.07, 6.45) is 0. The minimum absolute atomic E-state index is 0.283. The molecule has 0 fully saturated rings. The topological polar surface area (TPSA) is 66.8 Å². The molecule has 4 heteroatoms. The minimum Gasteiger partial charge on any atom is -0.454 e. The molecular formula is C21H14O4. The zero-order valence-corrected chi connectivity index (χ0v) is 13.1. The second-order valence-electron chi connectivity index (χ2n) is 6.41. The molecule has 0 saturated heterocycles. The van der Waals surface area contributed by atoms with E-state index in [1.54, 1.807) is 36.4 Å². The summed E-state index contributed by atoms with van der Waals surface area (Å²) >= 11 is 0. The van der Waals surface area contributed by atoms with Crippen LogP contribution < -0.4 is 4.74 Å². The third-order valence-electron chi connectivity index (χ3n) is 5.09. The van der Waals surface area contributed by atoms with Crippen LogP contribution in [0.2, 0.25) is 0 Å². The van der Waals surface area contributed by atoms with Gasteiger partial charge in [0, 0.05) is 16.7 Å². The highest BCUT2D eigenvalue weighted by Crippen LogP contribution is 2.58. The Balaban J connectivity index is 1.70. The van der Waals surface area contributed by atoms with Crippen molar-refractivity contribution in [1.29, 1.82) is 0 Å². The molecule has 0 radical (unpaired) electrons. The standard InChI is InChI=1S/C21H14O4/c22-19-15-8-4-5-9-16(15)21(24)20(19,23)17-11-10-14(12-18(17)25-21)13-6-2-1-3-7-13/h1-12,23-24H. The summed E-state index contributed by atoms with van der Waals surface area (Å²) in [5, 5.41) is 22.3. The Bertz CT molecular complexity index is 1030. The third kappa shape index (κ3) is 1.60. The van der Waals surface area contributed by atoms with Crippen molar-refractivity contribution in [3.05, 3.63) is 89.5 Å². The van der Waals surface area contributed by atoms with Gasteiger partial charge in [-0.25, -0.2) is 0 Å². The largest absolute Gasteiger partial charge is 0.454 e. The number of aliphatic hydroxyl groups is 2. The highest BCUT2D eigenvalue weighted by atomic mass is 16.7. The van der Waals surface area contributed by atoms with E-state index in [1.165, 1.54) is 0 Å². The van der Waals surface area contributed by atoms with E-state index < -0.39 is 17.2 Å². The lowest BCUT2D eigenvalue weighted by molar-refractivity contribution is -0.224. The van der Waals surface area contributed by atoms with Crippen molar-refractivity contribution in [2.45, 2.75) is 11.4 Å². The maximum Gasteiger partial charge on any atom is 0.276 e. The summed E-state index contributed by atoms with van der Waals surface area (Å²) in [5.41, 5.74) is 0.603. The Kier molecular flexibility index (Phi) is 2.63. The van der Waals surface area contributed by atoms with Gasteiger partial charge in [-0.2, -0.15) is 0 Å². The average molecular weight is 330 g/mol. The summed E-state index contributed by atoms with van der Waals surface area (Å²) in [4.78, 5) is 12.8. The van der Waals surface area contributed by atoms with Gasteiger partial charge in [-0.3, -0.25) is 4.79 Å². The van der Waals surface area contributed by atoms with Gasteiger partial charge >= 0.3 is 0 Å². The van der Waals surface area contributed by atoms with E-state index in [-0.39, 0.29) is 11.1 Å². The van der Waals surface area contributed by atoms with Crippen molar-refractivity contribution in [3.8, 4) is 16.9 Å². The summed E-state index contributed by atoms with van der Waals surface area (Å²) in [7, 11) is 0. The van der Waals surface area contributed by atoms with Crippen LogP contribution >= 0.6 is 0 Å². The maximum atomic E-state index is 12.8. The number of ether oxygens (including phenoxy) is 1. The Morgan fingerprint density at radius 1 is 0.760 bits per heavy atom. The van der Waals surface area contributed by atoms with E-state index in [0.717, 1.165) is 11.1 Å². The van der Waals surface area contributed by atoms with Crippen LogP contribution in [0.1, 0.15) is 21.5 Å². The van der Waals surface area contributed by atoms with E-state index in [4.69, 9.17) is 4.74 Å². The van der Waals surface area contributed by atoms with Gasteiger partial charge in [0.1, 0.15) is 5.75 Å². The molecule has 3 aromatic rings. The zero-order chi connectivity index (χ0) is 17.2. The van der Waals surface area contributed by atoms with E-state index in [1.807, 2.05) is 36.4 Å². The normalized spacial score (nSPS) is 25.9. The predicted molar refractivity (Wildman–Crippen MR) is 91.1 cm³/mol. The molecular weight excluding hydrogens is 316 g/mol. The molecule has 2 N–H and O–H groups in total. The van der Waals surface area contributed by atoms with Gasteiger partial charge in [-0.1, -0.05) is 66.7 Å². The lowest BCUT2D eigenvalue weighted by Crippen LogP contribution is -2.48. The number of rotatable bonds is 1. The Morgan fingerprint density at radius 3 is 2.28 bits per heavy atom. The fraction of sp³-hybridized carbons (Fsp3) is 0.0952. The van der Waals surface area contributed by atoms with Gasteiger partial charge in [0.25, 0.3) is 5.79 Å². The summed E-state index contributed by atoms with van der Waals surface area (Å²) in [6.45, 7) is 0. The maximum absolute atomic E-state index is 12.8. The van der Waals surface area contributed by atoms with E-state index in [2.05, 4.69) is 0 Å². The first-order valence-electron chi connectivity index (χ1n) is 8.04. The van der Waals surface area contributed by atoms with E-state index in [0.29, 0.717) is 11.3 Å². The fourth-order valence-corrected chi connectivity index (χ4v) is 3.83. The molecule has 25 heavy (non-hydrogen) atoms. The number of benzene rings is 3. The van der Waals surface area contributed by atoms with Crippen molar-refractivity contribution < 1.29 is 19.7 Å². The molecule has 5 rings (SSSR count). The van der Waals surface area contributed by atoms with Crippen LogP contribution in [-0.2, 0) is 11.4 Å². The first-order valence-corrected chi connectivity index (χ1v) is 8.04. The molecule has 0 spiro atoms. The molecule has 0 amide bonds. The molecule has 0 bridgehead atoms. The molecule has 2 aliphatic rings. The molecule has 2 unspecified atom stereocenters. The molecule has 1 aliphatic carbocycles. The third-order valence-corrected chi connectivity index (χ3v) is 5.09. The Labute approximate surface area is 143 Å². The van der Waals surface area contributed by atoms with E-state index >= 15 is 0 Å². The molecule has 3 aromatic carbocycles.